The van der Waals surface area contributed by atoms with E-state index in [1.54, 1.807) is 0 Å². The maximum atomic E-state index is 10.4. The summed E-state index contributed by atoms with van der Waals surface area (Å²) in [6, 6.07) is -0.248. The molecule has 50 valence electrons. The highest BCUT2D eigenvalue weighted by Crippen LogP contribution is 2.12. The molecule has 1 aliphatic heterocycles. The predicted octanol–water partition coefficient (Wildman–Crippen LogP) is -0.538. The van der Waals surface area contributed by atoms with Crippen LogP contribution in [-0.4, -0.2) is 22.0 Å². The van der Waals surface area contributed by atoms with Crippen LogP contribution in [0, 0.1) is 0 Å². The number of primary amides is 1. The number of thioether (sulfide) groups is 1. The number of carbonyl (C=O) groups excluding carboxylic acids is 1. The molecule has 0 radical (unpaired) electrons. The second-order valence-corrected chi connectivity index (χ2v) is 3.39. The summed E-state index contributed by atoms with van der Waals surface area (Å²) >= 11 is 6.21. The SMILES string of the molecule is NC(=O)C1CSC(=S)N1. The van der Waals surface area contributed by atoms with Crippen molar-refractivity contribution in [1.82, 2.24) is 5.32 Å². The molecule has 1 amide bonds. The van der Waals surface area contributed by atoms with E-state index in [1.165, 1.54) is 11.8 Å². The minimum Gasteiger partial charge on any atom is -0.368 e. The lowest BCUT2D eigenvalue weighted by Crippen LogP contribution is -2.39. The Bertz CT molecular complexity index is 159. The lowest BCUT2D eigenvalue weighted by atomic mass is 10.3. The third-order valence-corrected chi connectivity index (χ3v) is 2.37. The van der Waals surface area contributed by atoms with E-state index in [-0.39, 0.29) is 11.9 Å². The fourth-order valence-electron chi connectivity index (χ4n) is 0.538. The molecule has 0 aromatic carbocycles. The van der Waals surface area contributed by atoms with Gasteiger partial charge in [0.1, 0.15) is 10.4 Å². The lowest BCUT2D eigenvalue weighted by Gasteiger charge is -2.01. The molecule has 5 heteroatoms. The average Bonchev–Trinajstić information content (AvgIpc) is 2.14. The van der Waals surface area contributed by atoms with Crippen LogP contribution in [0.5, 0.6) is 0 Å². The zero-order chi connectivity index (χ0) is 6.85. The minimum atomic E-state index is -0.331. The quantitative estimate of drug-likeness (QED) is 0.509. The van der Waals surface area contributed by atoms with Crippen molar-refractivity contribution in [2.45, 2.75) is 6.04 Å². The summed E-state index contributed by atoms with van der Waals surface area (Å²) in [5.74, 6) is 0.344. The maximum Gasteiger partial charge on any atom is 0.240 e. The Labute approximate surface area is 62.4 Å². The van der Waals surface area contributed by atoms with Crippen LogP contribution in [0.1, 0.15) is 0 Å². The van der Waals surface area contributed by atoms with Gasteiger partial charge >= 0.3 is 0 Å². The summed E-state index contributed by atoms with van der Waals surface area (Å²) in [4.78, 5) is 10.4. The molecule has 0 spiro atoms. The fourth-order valence-corrected chi connectivity index (χ4v) is 1.68. The topological polar surface area (TPSA) is 55.1 Å². The molecular formula is C4H6N2OS2. The van der Waals surface area contributed by atoms with Crippen LogP contribution in [0.4, 0.5) is 0 Å². The average molecular weight is 162 g/mol. The zero-order valence-electron chi connectivity index (χ0n) is 4.59. The van der Waals surface area contributed by atoms with Gasteiger partial charge < -0.3 is 11.1 Å². The van der Waals surface area contributed by atoms with Crippen molar-refractivity contribution >= 4 is 34.2 Å². The Morgan fingerprint density at radius 1 is 2.00 bits per heavy atom. The Balaban J connectivity index is 2.48. The number of carbonyl (C=O) groups is 1. The second kappa shape index (κ2) is 2.53. The molecule has 1 rings (SSSR count). The van der Waals surface area contributed by atoms with E-state index in [0.29, 0.717) is 10.1 Å². The predicted molar refractivity (Wildman–Crippen MR) is 41.2 cm³/mol. The summed E-state index contributed by atoms with van der Waals surface area (Å²) < 4.78 is 0.666. The first-order chi connectivity index (χ1) is 4.20. The van der Waals surface area contributed by atoms with Crippen molar-refractivity contribution in [2.75, 3.05) is 5.75 Å². The summed E-state index contributed by atoms with van der Waals surface area (Å²) in [5.41, 5.74) is 4.99. The molecule has 1 fully saturated rings. The van der Waals surface area contributed by atoms with Crippen LogP contribution < -0.4 is 11.1 Å². The van der Waals surface area contributed by atoms with Gasteiger partial charge in [-0.15, -0.1) is 0 Å². The van der Waals surface area contributed by atoms with Crippen molar-refractivity contribution in [2.24, 2.45) is 5.73 Å². The number of nitrogens with one attached hydrogen (secondary N) is 1. The molecule has 3 N–H and O–H groups in total. The number of nitrogens with two attached hydrogens (primary N) is 1. The molecule has 0 aliphatic carbocycles. The molecule has 1 heterocycles. The maximum absolute atomic E-state index is 10.4. The normalized spacial score (nSPS) is 25.8. The van der Waals surface area contributed by atoms with Crippen LogP contribution in [0.2, 0.25) is 0 Å². The van der Waals surface area contributed by atoms with Gasteiger partial charge in [-0.1, -0.05) is 24.0 Å². The van der Waals surface area contributed by atoms with Crippen LogP contribution in [0.15, 0.2) is 0 Å². The smallest absolute Gasteiger partial charge is 0.240 e. The Hall–Kier alpha value is -0.290. The van der Waals surface area contributed by atoms with Crippen LogP contribution >= 0.6 is 24.0 Å². The van der Waals surface area contributed by atoms with Gasteiger partial charge in [-0.3, -0.25) is 4.79 Å². The van der Waals surface area contributed by atoms with Crippen molar-refractivity contribution in [3.63, 3.8) is 0 Å². The van der Waals surface area contributed by atoms with Gasteiger partial charge in [0.15, 0.2) is 0 Å². The first kappa shape index (κ1) is 6.82. The number of hydrogen-bond acceptors (Lipinski definition) is 3. The van der Waals surface area contributed by atoms with Crippen molar-refractivity contribution in [1.29, 1.82) is 0 Å². The highest BCUT2D eigenvalue weighted by molar-refractivity contribution is 8.23. The molecule has 0 bridgehead atoms. The minimum absolute atomic E-state index is 0.248. The Morgan fingerprint density at radius 2 is 2.67 bits per heavy atom. The van der Waals surface area contributed by atoms with E-state index >= 15 is 0 Å². The molecule has 1 atom stereocenters. The third-order valence-electron chi connectivity index (χ3n) is 1.02. The molecule has 1 aliphatic rings. The summed E-state index contributed by atoms with van der Waals surface area (Å²) in [6.07, 6.45) is 0. The van der Waals surface area contributed by atoms with Gasteiger partial charge in [0, 0.05) is 5.75 Å². The van der Waals surface area contributed by atoms with Gasteiger partial charge in [0.05, 0.1) is 0 Å². The van der Waals surface area contributed by atoms with Gasteiger partial charge in [-0.2, -0.15) is 0 Å². The molecule has 3 nitrogen and oxygen atoms in total. The Morgan fingerprint density at radius 3 is 2.89 bits per heavy atom. The third kappa shape index (κ3) is 1.56. The first-order valence-corrected chi connectivity index (χ1v) is 3.82. The van der Waals surface area contributed by atoms with E-state index in [2.05, 4.69) is 5.32 Å². The number of thiocarbonyl (C=S) groups is 1. The van der Waals surface area contributed by atoms with E-state index in [9.17, 15) is 4.79 Å². The highest BCUT2D eigenvalue weighted by atomic mass is 32.2. The summed E-state index contributed by atoms with van der Waals surface area (Å²) in [7, 11) is 0. The second-order valence-electron chi connectivity index (χ2n) is 1.70. The fraction of sp³-hybridized carbons (Fsp3) is 0.500. The zero-order valence-corrected chi connectivity index (χ0v) is 6.22. The van der Waals surface area contributed by atoms with Gasteiger partial charge in [-0.25, -0.2) is 0 Å². The van der Waals surface area contributed by atoms with Crippen molar-refractivity contribution in [3.05, 3.63) is 0 Å². The first-order valence-electron chi connectivity index (χ1n) is 2.43. The van der Waals surface area contributed by atoms with Crippen molar-refractivity contribution < 1.29 is 4.79 Å². The molecule has 9 heavy (non-hydrogen) atoms. The molecule has 1 saturated heterocycles. The van der Waals surface area contributed by atoms with Crippen LogP contribution in [0.25, 0.3) is 0 Å². The highest BCUT2D eigenvalue weighted by Gasteiger charge is 2.22. The number of amides is 1. The van der Waals surface area contributed by atoms with Crippen LogP contribution in [0.3, 0.4) is 0 Å². The Kier molecular flexibility index (Phi) is 1.92. The standard InChI is InChI=1S/C4H6N2OS2/c5-3(7)2-1-9-4(8)6-2/h2H,1H2,(H2,5,7)(H,6,8). The van der Waals surface area contributed by atoms with Crippen LogP contribution in [-0.2, 0) is 4.79 Å². The molecule has 1 unspecified atom stereocenters. The molecule has 0 saturated carbocycles. The van der Waals surface area contributed by atoms with E-state index < -0.39 is 0 Å². The monoisotopic (exact) mass is 162 g/mol. The van der Waals surface area contributed by atoms with Crippen molar-refractivity contribution in [3.8, 4) is 0 Å². The molecule has 0 aromatic heterocycles. The van der Waals surface area contributed by atoms with E-state index in [0.717, 1.165) is 0 Å². The molecule has 0 aromatic rings. The largest absolute Gasteiger partial charge is 0.368 e. The summed E-state index contributed by atoms with van der Waals surface area (Å²) in [6.45, 7) is 0. The van der Waals surface area contributed by atoms with E-state index in [4.69, 9.17) is 18.0 Å². The lowest BCUT2D eigenvalue weighted by molar-refractivity contribution is -0.119. The van der Waals surface area contributed by atoms with E-state index in [1.807, 2.05) is 0 Å². The molecular weight excluding hydrogens is 156 g/mol. The number of rotatable bonds is 1. The van der Waals surface area contributed by atoms with Gasteiger partial charge in [-0.05, 0) is 0 Å². The van der Waals surface area contributed by atoms with Gasteiger partial charge in [0.25, 0.3) is 0 Å². The number of hydrogen-bond donors (Lipinski definition) is 2. The summed E-state index contributed by atoms with van der Waals surface area (Å²) in [5, 5.41) is 2.77. The van der Waals surface area contributed by atoms with Gasteiger partial charge in [0.2, 0.25) is 5.91 Å².